The highest BCUT2D eigenvalue weighted by Gasteiger charge is 2.10. The first-order valence-electron chi connectivity index (χ1n) is 3.65. The molecule has 3 nitrogen and oxygen atoms in total. The third kappa shape index (κ3) is 1.16. The van der Waals surface area contributed by atoms with Crippen molar-refractivity contribution in [2.45, 2.75) is 0 Å². The van der Waals surface area contributed by atoms with Crippen molar-refractivity contribution in [3.05, 3.63) is 35.8 Å². The van der Waals surface area contributed by atoms with Gasteiger partial charge >= 0.3 is 0 Å². The standard InChI is InChI=1S/C9H6FNO2/c10-5-1-2-8-6(3-5)7(4-13-8)9(11)12/h1-4H,(H2,11,12). The molecule has 4 heteroatoms. The number of fused-ring (bicyclic) bond motifs is 1. The molecule has 66 valence electrons. The van der Waals surface area contributed by atoms with Crippen LogP contribution < -0.4 is 5.73 Å². The predicted octanol–water partition coefficient (Wildman–Crippen LogP) is 1.67. The minimum Gasteiger partial charge on any atom is -0.463 e. The van der Waals surface area contributed by atoms with Gasteiger partial charge < -0.3 is 10.2 Å². The molecule has 13 heavy (non-hydrogen) atoms. The van der Waals surface area contributed by atoms with Crippen molar-refractivity contribution in [2.75, 3.05) is 0 Å². The molecule has 0 saturated carbocycles. The van der Waals surface area contributed by atoms with Crippen LogP contribution >= 0.6 is 0 Å². The Balaban J connectivity index is 2.79. The Morgan fingerprint density at radius 1 is 1.46 bits per heavy atom. The Kier molecular flexibility index (Phi) is 1.55. The molecule has 0 atom stereocenters. The van der Waals surface area contributed by atoms with Crippen LogP contribution in [0.15, 0.2) is 28.9 Å². The average Bonchev–Trinajstić information content (AvgIpc) is 2.46. The van der Waals surface area contributed by atoms with E-state index in [4.69, 9.17) is 10.2 Å². The van der Waals surface area contributed by atoms with Crippen molar-refractivity contribution in [3.63, 3.8) is 0 Å². The highest BCUT2D eigenvalue weighted by molar-refractivity contribution is 6.05. The van der Waals surface area contributed by atoms with Crippen LogP contribution in [0, 0.1) is 5.82 Å². The number of amides is 1. The van der Waals surface area contributed by atoms with Crippen LogP contribution in [-0.4, -0.2) is 5.91 Å². The Morgan fingerprint density at radius 2 is 2.23 bits per heavy atom. The molecule has 2 rings (SSSR count). The van der Waals surface area contributed by atoms with Crippen molar-refractivity contribution >= 4 is 16.9 Å². The summed E-state index contributed by atoms with van der Waals surface area (Å²) in [5.41, 5.74) is 5.71. The topological polar surface area (TPSA) is 56.2 Å². The monoisotopic (exact) mass is 179 g/mol. The molecule has 0 saturated heterocycles. The number of furan rings is 1. The molecular formula is C9H6FNO2. The van der Waals surface area contributed by atoms with Gasteiger partial charge in [-0.05, 0) is 18.2 Å². The lowest BCUT2D eigenvalue weighted by molar-refractivity contribution is 0.100. The second kappa shape index (κ2) is 2.58. The minimum atomic E-state index is -0.621. The van der Waals surface area contributed by atoms with Gasteiger partial charge in [0, 0.05) is 5.39 Å². The van der Waals surface area contributed by atoms with Gasteiger partial charge in [-0.2, -0.15) is 0 Å². The van der Waals surface area contributed by atoms with Crippen LogP contribution in [0.1, 0.15) is 10.4 Å². The number of halogens is 1. The number of hydrogen-bond donors (Lipinski definition) is 1. The average molecular weight is 179 g/mol. The summed E-state index contributed by atoms with van der Waals surface area (Å²) in [5, 5.41) is 0.410. The third-order valence-corrected chi connectivity index (χ3v) is 1.80. The summed E-state index contributed by atoms with van der Waals surface area (Å²) >= 11 is 0. The molecular weight excluding hydrogens is 173 g/mol. The normalized spacial score (nSPS) is 10.5. The molecule has 0 bridgehead atoms. The molecule has 0 aliphatic rings. The number of nitrogens with two attached hydrogens (primary N) is 1. The fourth-order valence-corrected chi connectivity index (χ4v) is 1.19. The summed E-state index contributed by atoms with van der Waals surface area (Å²) in [7, 11) is 0. The molecule has 0 aliphatic carbocycles. The zero-order valence-electron chi connectivity index (χ0n) is 6.58. The number of carbonyl (C=O) groups is 1. The first-order chi connectivity index (χ1) is 6.18. The van der Waals surface area contributed by atoms with Crippen LogP contribution in [-0.2, 0) is 0 Å². The van der Waals surface area contributed by atoms with Gasteiger partial charge in [0.25, 0.3) is 5.91 Å². The second-order valence-corrected chi connectivity index (χ2v) is 2.65. The number of benzene rings is 1. The minimum absolute atomic E-state index is 0.203. The van der Waals surface area contributed by atoms with Gasteiger partial charge in [0.15, 0.2) is 0 Å². The van der Waals surface area contributed by atoms with Crippen molar-refractivity contribution in [1.29, 1.82) is 0 Å². The van der Waals surface area contributed by atoms with Crippen molar-refractivity contribution < 1.29 is 13.6 Å². The Bertz CT molecular complexity index is 475. The van der Waals surface area contributed by atoms with E-state index in [1.54, 1.807) is 0 Å². The van der Waals surface area contributed by atoms with E-state index in [9.17, 15) is 9.18 Å². The van der Waals surface area contributed by atoms with E-state index in [-0.39, 0.29) is 5.56 Å². The molecule has 1 heterocycles. The molecule has 1 aromatic carbocycles. The molecule has 0 unspecified atom stereocenters. The van der Waals surface area contributed by atoms with E-state index in [1.165, 1.54) is 24.5 Å². The zero-order valence-corrected chi connectivity index (χ0v) is 6.58. The van der Waals surface area contributed by atoms with Gasteiger partial charge in [-0.1, -0.05) is 0 Å². The van der Waals surface area contributed by atoms with Gasteiger partial charge in [0.05, 0.1) is 5.56 Å². The SMILES string of the molecule is NC(=O)c1coc2ccc(F)cc12. The smallest absolute Gasteiger partial charge is 0.252 e. The van der Waals surface area contributed by atoms with Gasteiger partial charge in [0.1, 0.15) is 17.7 Å². The molecule has 1 aromatic heterocycles. The van der Waals surface area contributed by atoms with Crippen LogP contribution in [0.25, 0.3) is 11.0 Å². The van der Waals surface area contributed by atoms with E-state index in [1.807, 2.05) is 0 Å². The maximum Gasteiger partial charge on any atom is 0.252 e. The second-order valence-electron chi connectivity index (χ2n) is 2.65. The molecule has 1 amide bonds. The molecule has 0 spiro atoms. The van der Waals surface area contributed by atoms with Crippen LogP contribution in [0.5, 0.6) is 0 Å². The van der Waals surface area contributed by atoms with Gasteiger partial charge in [-0.15, -0.1) is 0 Å². The molecule has 0 radical (unpaired) electrons. The number of carbonyl (C=O) groups excluding carboxylic acids is 1. The van der Waals surface area contributed by atoms with Crippen LogP contribution in [0.2, 0.25) is 0 Å². The zero-order chi connectivity index (χ0) is 9.42. The largest absolute Gasteiger partial charge is 0.463 e. The summed E-state index contributed by atoms with van der Waals surface area (Å²) in [6, 6.07) is 3.94. The fraction of sp³-hybridized carbons (Fsp3) is 0. The predicted molar refractivity (Wildman–Crippen MR) is 44.7 cm³/mol. The Labute approximate surface area is 72.9 Å². The van der Waals surface area contributed by atoms with E-state index in [0.29, 0.717) is 11.0 Å². The maximum absolute atomic E-state index is 12.8. The maximum atomic E-state index is 12.8. The van der Waals surface area contributed by atoms with Gasteiger partial charge in [-0.3, -0.25) is 4.79 Å². The Morgan fingerprint density at radius 3 is 2.92 bits per heavy atom. The summed E-state index contributed by atoms with van der Waals surface area (Å²) in [4.78, 5) is 10.8. The first kappa shape index (κ1) is 7.79. The quantitative estimate of drug-likeness (QED) is 0.723. The van der Waals surface area contributed by atoms with E-state index in [0.717, 1.165) is 0 Å². The lowest BCUT2D eigenvalue weighted by Crippen LogP contribution is -2.09. The van der Waals surface area contributed by atoms with E-state index < -0.39 is 11.7 Å². The van der Waals surface area contributed by atoms with E-state index in [2.05, 4.69) is 0 Å². The highest BCUT2D eigenvalue weighted by Crippen LogP contribution is 2.21. The third-order valence-electron chi connectivity index (χ3n) is 1.80. The molecule has 2 N–H and O–H groups in total. The highest BCUT2D eigenvalue weighted by atomic mass is 19.1. The van der Waals surface area contributed by atoms with Gasteiger partial charge in [-0.25, -0.2) is 4.39 Å². The molecule has 0 fully saturated rings. The molecule has 2 aromatic rings. The van der Waals surface area contributed by atoms with Gasteiger partial charge in [0.2, 0.25) is 0 Å². The van der Waals surface area contributed by atoms with Crippen LogP contribution in [0.3, 0.4) is 0 Å². The van der Waals surface area contributed by atoms with Crippen molar-refractivity contribution in [1.82, 2.24) is 0 Å². The summed E-state index contributed by atoms with van der Waals surface area (Å²) in [5.74, 6) is -1.04. The number of hydrogen-bond acceptors (Lipinski definition) is 2. The summed E-state index contributed by atoms with van der Waals surface area (Å²) < 4.78 is 17.8. The lowest BCUT2D eigenvalue weighted by Gasteiger charge is -1.90. The molecule has 0 aliphatic heterocycles. The van der Waals surface area contributed by atoms with Crippen molar-refractivity contribution in [3.8, 4) is 0 Å². The number of primary amides is 1. The summed E-state index contributed by atoms with van der Waals surface area (Å²) in [6.45, 7) is 0. The Hall–Kier alpha value is -1.84. The van der Waals surface area contributed by atoms with Crippen LogP contribution in [0.4, 0.5) is 4.39 Å². The first-order valence-corrected chi connectivity index (χ1v) is 3.65. The fourth-order valence-electron chi connectivity index (χ4n) is 1.19. The van der Waals surface area contributed by atoms with Crippen molar-refractivity contribution in [2.24, 2.45) is 5.73 Å². The lowest BCUT2D eigenvalue weighted by atomic mass is 10.1. The number of rotatable bonds is 1. The summed E-state index contributed by atoms with van der Waals surface area (Å²) in [6.07, 6.45) is 1.23. The van der Waals surface area contributed by atoms with E-state index >= 15 is 0 Å².